The van der Waals surface area contributed by atoms with Crippen molar-refractivity contribution in [1.29, 1.82) is 0 Å². The van der Waals surface area contributed by atoms with E-state index >= 15 is 0 Å². The van der Waals surface area contributed by atoms with Gasteiger partial charge in [-0.25, -0.2) is 9.97 Å². The first-order valence-corrected chi connectivity index (χ1v) is 5.25. The number of anilines is 1. The van der Waals surface area contributed by atoms with E-state index in [0.29, 0.717) is 0 Å². The van der Waals surface area contributed by atoms with Gasteiger partial charge in [-0.1, -0.05) is 0 Å². The monoisotopic (exact) mass is 217 g/mol. The first-order chi connectivity index (χ1) is 7.75. The highest BCUT2D eigenvalue weighted by molar-refractivity contribution is 5.39. The van der Waals surface area contributed by atoms with Gasteiger partial charge in [-0.2, -0.15) is 0 Å². The predicted molar refractivity (Wildman–Crippen MR) is 62.2 cm³/mol. The number of nitrogens with one attached hydrogen (secondary N) is 1. The molecule has 0 bridgehead atoms. The topological polar surface area (TPSA) is 55.6 Å². The summed E-state index contributed by atoms with van der Waals surface area (Å²) in [5.41, 5.74) is 1.85. The fourth-order valence-corrected chi connectivity index (χ4v) is 1.43. The zero-order chi connectivity index (χ0) is 11.4. The maximum absolute atomic E-state index is 4.39. The summed E-state index contributed by atoms with van der Waals surface area (Å²) in [5.74, 6) is 0.861. The van der Waals surface area contributed by atoms with Crippen LogP contribution in [0.4, 0.5) is 5.82 Å². The lowest BCUT2D eigenvalue weighted by molar-refractivity contribution is 0.724. The summed E-state index contributed by atoms with van der Waals surface area (Å²) in [6, 6.07) is 0. The van der Waals surface area contributed by atoms with Gasteiger partial charge in [-0.3, -0.25) is 4.98 Å². The molecule has 0 atom stereocenters. The van der Waals surface area contributed by atoms with Crippen molar-refractivity contribution in [3.8, 4) is 0 Å². The third-order valence-corrected chi connectivity index (χ3v) is 2.30. The standard InChI is InChI=1S/C11H15N5/c1-9-7-14-10(2)11(15-9)13-4-6-16-5-3-12-8-16/h3,5,7-8H,4,6H2,1-2H3,(H,13,15). The minimum absolute atomic E-state index is 0.815. The second-order valence-corrected chi connectivity index (χ2v) is 3.67. The van der Waals surface area contributed by atoms with Gasteiger partial charge >= 0.3 is 0 Å². The summed E-state index contributed by atoms with van der Waals surface area (Å²) in [4.78, 5) is 12.6. The Morgan fingerprint density at radius 2 is 2.25 bits per heavy atom. The molecule has 2 aromatic rings. The van der Waals surface area contributed by atoms with Gasteiger partial charge in [0, 0.05) is 31.7 Å². The fourth-order valence-electron chi connectivity index (χ4n) is 1.43. The van der Waals surface area contributed by atoms with Crippen LogP contribution in [0, 0.1) is 13.8 Å². The van der Waals surface area contributed by atoms with Crippen LogP contribution < -0.4 is 5.32 Å². The molecule has 0 aliphatic carbocycles. The SMILES string of the molecule is Cc1cnc(C)c(NCCn2ccnc2)n1. The molecule has 1 N–H and O–H groups in total. The van der Waals surface area contributed by atoms with E-state index in [1.807, 2.05) is 24.6 Å². The third kappa shape index (κ3) is 2.56. The summed E-state index contributed by atoms with van der Waals surface area (Å²) in [6.07, 6.45) is 7.29. The van der Waals surface area contributed by atoms with E-state index in [4.69, 9.17) is 0 Å². The van der Waals surface area contributed by atoms with Gasteiger partial charge < -0.3 is 9.88 Å². The molecule has 0 spiro atoms. The zero-order valence-corrected chi connectivity index (χ0v) is 9.51. The van der Waals surface area contributed by atoms with Crippen molar-refractivity contribution in [2.45, 2.75) is 20.4 Å². The smallest absolute Gasteiger partial charge is 0.147 e. The number of nitrogens with zero attached hydrogens (tertiary/aromatic N) is 4. The summed E-state index contributed by atoms with van der Waals surface area (Å²) in [6.45, 7) is 5.57. The third-order valence-electron chi connectivity index (χ3n) is 2.30. The predicted octanol–water partition coefficient (Wildman–Crippen LogP) is 1.40. The summed E-state index contributed by atoms with van der Waals surface area (Å²) in [5, 5.41) is 3.27. The van der Waals surface area contributed by atoms with Crippen LogP contribution >= 0.6 is 0 Å². The highest BCUT2D eigenvalue weighted by Crippen LogP contribution is 2.07. The van der Waals surface area contributed by atoms with Gasteiger partial charge in [0.25, 0.3) is 0 Å². The number of hydrogen-bond acceptors (Lipinski definition) is 4. The molecule has 0 aromatic carbocycles. The van der Waals surface area contributed by atoms with Crippen molar-refractivity contribution in [2.75, 3.05) is 11.9 Å². The first kappa shape index (κ1) is 10.6. The number of rotatable bonds is 4. The summed E-state index contributed by atoms with van der Waals surface area (Å²) >= 11 is 0. The molecule has 0 radical (unpaired) electrons. The highest BCUT2D eigenvalue weighted by atomic mass is 15.1. The summed E-state index contributed by atoms with van der Waals surface area (Å²) < 4.78 is 2.02. The van der Waals surface area contributed by atoms with E-state index in [0.717, 1.165) is 30.3 Å². The van der Waals surface area contributed by atoms with Crippen LogP contribution in [0.15, 0.2) is 24.9 Å². The van der Waals surface area contributed by atoms with Crippen molar-refractivity contribution in [3.05, 3.63) is 36.3 Å². The average Bonchev–Trinajstić information content (AvgIpc) is 2.76. The van der Waals surface area contributed by atoms with Crippen LogP contribution in [-0.4, -0.2) is 26.1 Å². The highest BCUT2D eigenvalue weighted by Gasteiger charge is 2.00. The fraction of sp³-hybridized carbons (Fsp3) is 0.364. The minimum atomic E-state index is 0.815. The van der Waals surface area contributed by atoms with E-state index in [1.54, 1.807) is 18.7 Å². The average molecular weight is 217 g/mol. The molecule has 0 saturated carbocycles. The Kier molecular flexibility index (Phi) is 3.14. The molecule has 2 heterocycles. The van der Waals surface area contributed by atoms with Gasteiger partial charge in [-0.15, -0.1) is 0 Å². The van der Waals surface area contributed by atoms with Crippen molar-refractivity contribution in [3.63, 3.8) is 0 Å². The Bertz CT molecular complexity index is 449. The van der Waals surface area contributed by atoms with E-state index in [9.17, 15) is 0 Å². The molecule has 2 aromatic heterocycles. The lowest BCUT2D eigenvalue weighted by atomic mass is 10.4. The second-order valence-electron chi connectivity index (χ2n) is 3.67. The zero-order valence-electron chi connectivity index (χ0n) is 9.51. The van der Waals surface area contributed by atoms with Gasteiger partial charge in [0.05, 0.1) is 17.7 Å². The lowest BCUT2D eigenvalue weighted by Crippen LogP contribution is -2.12. The Balaban J connectivity index is 1.92. The van der Waals surface area contributed by atoms with Crippen molar-refractivity contribution in [2.24, 2.45) is 0 Å². The minimum Gasteiger partial charge on any atom is -0.367 e. The maximum Gasteiger partial charge on any atom is 0.147 e. The van der Waals surface area contributed by atoms with Crippen LogP contribution in [0.2, 0.25) is 0 Å². The molecule has 0 unspecified atom stereocenters. The quantitative estimate of drug-likeness (QED) is 0.841. The molecule has 0 aliphatic heterocycles. The van der Waals surface area contributed by atoms with E-state index < -0.39 is 0 Å². The molecule has 5 nitrogen and oxygen atoms in total. The number of hydrogen-bond donors (Lipinski definition) is 1. The molecule has 5 heteroatoms. The normalized spacial score (nSPS) is 10.4. The van der Waals surface area contributed by atoms with Crippen LogP contribution in [0.5, 0.6) is 0 Å². The molecule has 0 aliphatic rings. The molecule has 0 fully saturated rings. The summed E-state index contributed by atoms with van der Waals surface area (Å²) in [7, 11) is 0. The Morgan fingerprint density at radius 1 is 1.38 bits per heavy atom. The number of aryl methyl sites for hydroxylation is 2. The molecular weight excluding hydrogens is 202 g/mol. The van der Waals surface area contributed by atoms with Crippen LogP contribution in [0.1, 0.15) is 11.4 Å². The molecule has 0 amide bonds. The first-order valence-electron chi connectivity index (χ1n) is 5.25. The van der Waals surface area contributed by atoms with E-state index in [-0.39, 0.29) is 0 Å². The van der Waals surface area contributed by atoms with Crippen molar-refractivity contribution >= 4 is 5.82 Å². The molecular formula is C11H15N5. The molecule has 0 saturated heterocycles. The number of aromatic nitrogens is 4. The Labute approximate surface area is 94.6 Å². The lowest BCUT2D eigenvalue weighted by Gasteiger charge is -2.08. The van der Waals surface area contributed by atoms with Crippen molar-refractivity contribution < 1.29 is 0 Å². The Morgan fingerprint density at radius 3 is 3.00 bits per heavy atom. The largest absolute Gasteiger partial charge is 0.367 e. The van der Waals surface area contributed by atoms with Gasteiger partial charge in [0.15, 0.2) is 0 Å². The van der Waals surface area contributed by atoms with E-state index in [1.165, 1.54) is 0 Å². The van der Waals surface area contributed by atoms with Gasteiger partial charge in [0.2, 0.25) is 0 Å². The maximum atomic E-state index is 4.39. The van der Waals surface area contributed by atoms with Crippen LogP contribution in [0.3, 0.4) is 0 Å². The molecule has 84 valence electrons. The van der Waals surface area contributed by atoms with Gasteiger partial charge in [0.1, 0.15) is 5.82 Å². The van der Waals surface area contributed by atoms with E-state index in [2.05, 4.69) is 20.3 Å². The van der Waals surface area contributed by atoms with Crippen LogP contribution in [-0.2, 0) is 6.54 Å². The number of imidazole rings is 1. The second kappa shape index (κ2) is 4.74. The molecule has 16 heavy (non-hydrogen) atoms. The molecule has 2 rings (SSSR count). The van der Waals surface area contributed by atoms with Crippen molar-refractivity contribution in [1.82, 2.24) is 19.5 Å². The Hall–Kier alpha value is -1.91. The van der Waals surface area contributed by atoms with Crippen LogP contribution in [0.25, 0.3) is 0 Å². The van der Waals surface area contributed by atoms with Gasteiger partial charge in [-0.05, 0) is 13.8 Å².